The first-order valence-corrected chi connectivity index (χ1v) is 5.53. The zero-order chi connectivity index (χ0) is 11.0. The number of nitrogens with zero attached hydrogens (tertiary/aromatic N) is 3. The zero-order valence-electron chi connectivity index (χ0n) is 9.22. The molecule has 82 valence electrons. The summed E-state index contributed by atoms with van der Waals surface area (Å²) in [5, 5.41) is 7.75. The maximum absolute atomic E-state index is 4.45. The predicted octanol–water partition coefficient (Wildman–Crippen LogP) is 1.91. The Labute approximate surface area is 94.3 Å². The van der Waals surface area contributed by atoms with Crippen LogP contribution in [0.5, 0.6) is 0 Å². The molecule has 1 aliphatic carbocycles. The molecule has 0 aliphatic heterocycles. The summed E-state index contributed by atoms with van der Waals surface area (Å²) in [5.41, 5.74) is 2.53. The number of hydrogen-bond donors (Lipinski definition) is 1. The highest BCUT2D eigenvalue weighted by molar-refractivity contribution is 5.39. The molecule has 4 heteroatoms. The number of anilines is 1. The molecular formula is C12H14N4. The van der Waals surface area contributed by atoms with Gasteiger partial charge in [0.1, 0.15) is 5.82 Å². The molecule has 4 nitrogen and oxygen atoms in total. The topological polar surface area (TPSA) is 42.7 Å². The van der Waals surface area contributed by atoms with Crippen molar-refractivity contribution in [2.24, 2.45) is 7.05 Å². The van der Waals surface area contributed by atoms with Crippen molar-refractivity contribution in [3.63, 3.8) is 0 Å². The summed E-state index contributed by atoms with van der Waals surface area (Å²) in [6, 6.07) is 6.46. The molecule has 2 aromatic heterocycles. The number of rotatable bonds is 2. The van der Waals surface area contributed by atoms with Crippen LogP contribution < -0.4 is 5.32 Å². The van der Waals surface area contributed by atoms with Crippen LogP contribution in [0.25, 0.3) is 0 Å². The number of hydrogen-bond acceptors (Lipinski definition) is 3. The Bertz CT molecular complexity index is 503. The standard InChI is InChI=1S/C12H14N4/c1-16-8-6-11(15-16)14-10-5-4-9-3-2-7-13-12(9)10/h2-3,6-8,10H,4-5H2,1H3,(H,14,15). The average molecular weight is 214 g/mol. The zero-order valence-corrected chi connectivity index (χ0v) is 9.22. The van der Waals surface area contributed by atoms with Crippen LogP contribution in [-0.4, -0.2) is 14.8 Å². The predicted molar refractivity (Wildman–Crippen MR) is 62.1 cm³/mol. The van der Waals surface area contributed by atoms with Crippen LogP contribution >= 0.6 is 0 Å². The highest BCUT2D eigenvalue weighted by atomic mass is 15.3. The van der Waals surface area contributed by atoms with Gasteiger partial charge in [0.15, 0.2) is 0 Å². The Kier molecular flexibility index (Phi) is 2.13. The summed E-state index contributed by atoms with van der Waals surface area (Å²) in [6.45, 7) is 0. The fourth-order valence-corrected chi connectivity index (χ4v) is 2.22. The fourth-order valence-electron chi connectivity index (χ4n) is 2.22. The fraction of sp³-hybridized carbons (Fsp3) is 0.333. The monoisotopic (exact) mass is 214 g/mol. The minimum Gasteiger partial charge on any atom is -0.360 e. The summed E-state index contributed by atoms with van der Waals surface area (Å²) in [6.07, 6.45) is 6.00. The third kappa shape index (κ3) is 1.56. The number of aryl methyl sites for hydroxylation is 2. The van der Waals surface area contributed by atoms with E-state index < -0.39 is 0 Å². The van der Waals surface area contributed by atoms with E-state index in [9.17, 15) is 0 Å². The molecule has 1 N–H and O–H groups in total. The quantitative estimate of drug-likeness (QED) is 0.830. The lowest BCUT2D eigenvalue weighted by Gasteiger charge is -2.11. The maximum Gasteiger partial charge on any atom is 0.148 e. The molecule has 1 atom stereocenters. The van der Waals surface area contributed by atoms with Crippen LogP contribution in [0.4, 0.5) is 5.82 Å². The summed E-state index contributed by atoms with van der Waals surface area (Å²) in [7, 11) is 1.92. The minimum atomic E-state index is 0.311. The molecule has 16 heavy (non-hydrogen) atoms. The molecule has 2 aromatic rings. The normalized spacial score (nSPS) is 18.4. The van der Waals surface area contributed by atoms with Gasteiger partial charge in [0.25, 0.3) is 0 Å². The van der Waals surface area contributed by atoms with Gasteiger partial charge in [-0.25, -0.2) is 0 Å². The van der Waals surface area contributed by atoms with Gasteiger partial charge in [-0.2, -0.15) is 5.10 Å². The highest BCUT2D eigenvalue weighted by Crippen LogP contribution is 2.31. The van der Waals surface area contributed by atoms with Gasteiger partial charge in [0.2, 0.25) is 0 Å². The van der Waals surface area contributed by atoms with Crippen molar-refractivity contribution < 1.29 is 0 Å². The molecule has 1 aliphatic rings. The Balaban J connectivity index is 1.83. The molecule has 0 fully saturated rings. The molecule has 1 unspecified atom stereocenters. The third-order valence-electron chi connectivity index (χ3n) is 2.99. The molecular weight excluding hydrogens is 200 g/mol. The van der Waals surface area contributed by atoms with Crippen LogP contribution in [0, 0.1) is 0 Å². The Hall–Kier alpha value is -1.84. The van der Waals surface area contributed by atoms with E-state index in [-0.39, 0.29) is 0 Å². The van der Waals surface area contributed by atoms with Crippen molar-refractivity contribution in [2.75, 3.05) is 5.32 Å². The van der Waals surface area contributed by atoms with Crippen molar-refractivity contribution in [3.05, 3.63) is 41.9 Å². The molecule has 0 spiro atoms. The summed E-state index contributed by atoms with van der Waals surface area (Å²) in [4.78, 5) is 4.45. The maximum atomic E-state index is 4.45. The van der Waals surface area contributed by atoms with E-state index >= 15 is 0 Å². The van der Waals surface area contributed by atoms with Crippen LogP contribution in [-0.2, 0) is 13.5 Å². The first-order valence-electron chi connectivity index (χ1n) is 5.53. The molecule has 0 aromatic carbocycles. The smallest absolute Gasteiger partial charge is 0.148 e. The summed E-state index contributed by atoms with van der Waals surface area (Å²) < 4.78 is 1.80. The van der Waals surface area contributed by atoms with Gasteiger partial charge in [-0.05, 0) is 24.5 Å². The van der Waals surface area contributed by atoms with Crippen LogP contribution in [0.1, 0.15) is 23.7 Å². The Morgan fingerprint density at radius 1 is 1.44 bits per heavy atom. The lowest BCUT2D eigenvalue weighted by molar-refractivity contribution is 0.723. The minimum absolute atomic E-state index is 0.311. The summed E-state index contributed by atoms with van der Waals surface area (Å²) in [5.74, 6) is 0.922. The second-order valence-electron chi connectivity index (χ2n) is 4.16. The van der Waals surface area contributed by atoms with Crippen molar-refractivity contribution in [2.45, 2.75) is 18.9 Å². The molecule has 0 radical (unpaired) electrons. The number of aromatic nitrogens is 3. The number of fused-ring (bicyclic) bond motifs is 1. The van der Waals surface area contributed by atoms with Gasteiger partial charge >= 0.3 is 0 Å². The van der Waals surface area contributed by atoms with E-state index in [1.807, 2.05) is 31.6 Å². The Morgan fingerprint density at radius 2 is 2.38 bits per heavy atom. The average Bonchev–Trinajstić information content (AvgIpc) is 2.87. The van der Waals surface area contributed by atoms with E-state index in [1.165, 1.54) is 11.3 Å². The number of nitrogens with one attached hydrogen (secondary N) is 1. The van der Waals surface area contributed by atoms with E-state index in [0.717, 1.165) is 18.7 Å². The van der Waals surface area contributed by atoms with Gasteiger partial charge in [0, 0.05) is 25.5 Å². The van der Waals surface area contributed by atoms with Gasteiger partial charge < -0.3 is 5.32 Å². The van der Waals surface area contributed by atoms with Gasteiger partial charge in [-0.3, -0.25) is 9.67 Å². The number of pyridine rings is 1. The van der Waals surface area contributed by atoms with Crippen molar-refractivity contribution in [1.29, 1.82) is 0 Å². The van der Waals surface area contributed by atoms with E-state index in [0.29, 0.717) is 6.04 Å². The van der Waals surface area contributed by atoms with Crippen LogP contribution in [0.2, 0.25) is 0 Å². The molecule has 3 rings (SSSR count). The third-order valence-corrected chi connectivity index (χ3v) is 2.99. The van der Waals surface area contributed by atoms with E-state index in [2.05, 4.69) is 21.5 Å². The molecule has 2 heterocycles. The first-order chi connectivity index (χ1) is 7.83. The van der Waals surface area contributed by atoms with Gasteiger partial charge in [-0.15, -0.1) is 0 Å². The van der Waals surface area contributed by atoms with E-state index in [1.54, 1.807) is 4.68 Å². The van der Waals surface area contributed by atoms with Crippen molar-refractivity contribution >= 4 is 5.82 Å². The molecule has 0 amide bonds. The molecule has 0 saturated heterocycles. The Morgan fingerprint density at radius 3 is 3.19 bits per heavy atom. The lowest BCUT2D eigenvalue weighted by Crippen LogP contribution is -2.09. The van der Waals surface area contributed by atoms with Crippen molar-refractivity contribution in [3.8, 4) is 0 Å². The van der Waals surface area contributed by atoms with E-state index in [4.69, 9.17) is 0 Å². The van der Waals surface area contributed by atoms with Gasteiger partial charge in [-0.1, -0.05) is 6.07 Å². The van der Waals surface area contributed by atoms with Crippen LogP contribution in [0.3, 0.4) is 0 Å². The molecule has 0 saturated carbocycles. The van der Waals surface area contributed by atoms with Crippen LogP contribution in [0.15, 0.2) is 30.6 Å². The first kappa shape index (κ1) is 9.39. The lowest BCUT2D eigenvalue weighted by atomic mass is 10.2. The second-order valence-corrected chi connectivity index (χ2v) is 4.16. The van der Waals surface area contributed by atoms with Gasteiger partial charge in [0.05, 0.1) is 11.7 Å². The SMILES string of the molecule is Cn1ccc(NC2CCc3cccnc32)n1. The largest absolute Gasteiger partial charge is 0.360 e. The summed E-state index contributed by atoms with van der Waals surface area (Å²) >= 11 is 0. The second kappa shape index (κ2) is 3.63. The van der Waals surface area contributed by atoms with Crippen molar-refractivity contribution in [1.82, 2.24) is 14.8 Å². The highest BCUT2D eigenvalue weighted by Gasteiger charge is 2.23. The molecule has 0 bridgehead atoms.